The molecule has 96 valence electrons. The van der Waals surface area contributed by atoms with Crippen LogP contribution in [-0.4, -0.2) is 24.4 Å². The minimum atomic E-state index is 0.152. The highest BCUT2D eigenvalue weighted by Crippen LogP contribution is 2.34. The van der Waals surface area contributed by atoms with Crippen molar-refractivity contribution in [3.63, 3.8) is 0 Å². The van der Waals surface area contributed by atoms with Gasteiger partial charge in [0.05, 0.1) is 0 Å². The molecule has 0 spiro atoms. The van der Waals surface area contributed by atoms with Gasteiger partial charge >= 0.3 is 0 Å². The first-order valence-electron chi connectivity index (χ1n) is 5.55. The van der Waals surface area contributed by atoms with Crippen LogP contribution in [0.4, 0.5) is 0 Å². The third-order valence-electron chi connectivity index (χ3n) is 2.97. The van der Waals surface area contributed by atoms with Gasteiger partial charge in [0, 0.05) is 34.3 Å². The van der Waals surface area contributed by atoms with Crippen LogP contribution in [0.1, 0.15) is 18.4 Å². The van der Waals surface area contributed by atoms with Crippen LogP contribution in [0.25, 0.3) is 0 Å². The average molecular weight is 429 g/mol. The normalized spacial score (nSPS) is 11.8. The first-order chi connectivity index (χ1) is 8.18. The molecule has 0 N–H and O–H groups in total. The van der Waals surface area contributed by atoms with Crippen LogP contribution in [0.15, 0.2) is 28.7 Å². The first kappa shape index (κ1) is 15.7. The lowest BCUT2D eigenvalue weighted by Crippen LogP contribution is -2.30. The second-order valence-corrected chi connectivity index (χ2v) is 6.19. The predicted octanol–water partition coefficient (Wildman–Crippen LogP) is 4.90. The summed E-state index contributed by atoms with van der Waals surface area (Å²) in [5.41, 5.74) is 1.52. The molecule has 0 aliphatic carbocycles. The van der Waals surface area contributed by atoms with E-state index in [0.29, 0.717) is 0 Å². The summed E-state index contributed by atoms with van der Waals surface area (Å²) >= 11 is 10.8. The Morgan fingerprint density at radius 1 is 1.12 bits per heavy atom. The van der Waals surface area contributed by atoms with Crippen molar-refractivity contribution >= 4 is 47.8 Å². The van der Waals surface area contributed by atoms with Gasteiger partial charge in [-0.2, -0.15) is 0 Å². The fourth-order valence-corrected chi connectivity index (χ4v) is 4.23. The molecule has 0 aromatic heterocycles. The molecule has 0 radical (unpaired) electrons. The van der Waals surface area contributed by atoms with E-state index < -0.39 is 0 Å². The molecule has 1 rings (SSSR count). The predicted molar refractivity (Wildman–Crippen MR) is 84.5 cm³/mol. The zero-order chi connectivity index (χ0) is 12.7. The molecule has 17 heavy (non-hydrogen) atoms. The van der Waals surface area contributed by atoms with Gasteiger partial charge in [0.1, 0.15) is 0 Å². The Bertz CT molecular complexity index is 320. The van der Waals surface area contributed by atoms with E-state index in [1.807, 2.05) is 0 Å². The van der Waals surface area contributed by atoms with Gasteiger partial charge in [-0.25, -0.2) is 0 Å². The largest absolute Gasteiger partial charge is 0.385 e. The molecule has 0 atom stereocenters. The first-order valence-corrected chi connectivity index (χ1v) is 8.59. The minimum Gasteiger partial charge on any atom is -0.385 e. The topological polar surface area (TPSA) is 9.23 Å². The molecule has 0 bridgehead atoms. The number of rotatable bonds is 7. The number of halogens is 3. The second kappa shape index (κ2) is 7.93. The second-order valence-electron chi connectivity index (χ2n) is 4.15. The summed E-state index contributed by atoms with van der Waals surface area (Å²) < 4.78 is 6.26. The van der Waals surface area contributed by atoms with E-state index in [2.05, 4.69) is 72.1 Å². The summed E-state index contributed by atoms with van der Waals surface area (Å²) in [7, 11) is 1.75. The lowest BCUT2D eigenvalue weighted by atomic mass is 9.80. The van der Waals surface area contributed by atoms with Crippen LogP contribution in [0.2, 0.25) is 0 Å². The highest BCUT2D eigenvalue weighted by molar-refractivity contribution is 9.10. The Morgan fingerprint density at radius 2 is 1.71 bits per heavy atom. The Hall–Kier alpha value is 0.620. The van der Waals surface area contributed by atoms with Crippen LogP contribution in [0.5, 0.6) is 0 Å². The van der Waals surface area contributed by atoms with E-state index in [4.69, 9.17) is 4.74 Å². The third kappa shape index (κ3) is 4.34. The number of ether oxygens (including phenoxy) is 1. The number of benzene rings is 1. The zero-order valence-corrected chi connectivity index (χ0v) is 14.6. The molecule has 4 heteroatoms. The molecule has 0 amide bonds. The SMILES string of the molecule is COCCCC(CBr)(CBr)c1ccc(Br)cc1. The summed E-state index contributed by atoms with van der Waals surface area (Å²) in [5.74, 6) is 0. The van der Waals surface area contributed by atoms with Gasteiger partial charge in [0.2, 0.25) is 0 Å². The standard InChI is InChI=1S/C13H17Br3O/c1-17-8-2-7-13(9-14,10-15)11-3-5-12(16)6-4-11/h3-6H,2,7-10H2,1H3. The number of hydrogen-bond donors (Lipinski definition) is 0. The van der Waals surface area contributed by atoms with Crippen LogP contribution in [-0.2, 0) is 10.2 Å². The number of hydrogen-bond acceptors (Lipinski definition) is 1. The molecular weight excluding hydrogens is 412 g/mol. The highest BCUT2D eigenvalue weighted by atomic mass is 79.9. The molecule has 0 saturated heterocycles. The van der Waals surface area contributed by atoms with E-state index >= 15 is 0 Å². The van der Waals surface area contributed by atoms with E-state index in [1.54, 1.807) is 7.11 Å². The van der Waals surface area contributed by atoms with Gasteiger partial charge < -0.3 is 4.74 Å². The Labute approximate surface area is 129 Å². The molecule has 0 unspecified atom stereocenters. The van der Waals surface area contributed by atoms with Gasteiger partial charge in [-0.15, -0.1) is 0 Å². The van der Waals surface area contributed by atoms with Gasteiger partial charge in [0.15, 0.2) is 0 Å². The van der Waals surface area contributed by atoms with Crippen LogP contribution < -0.4 is 0 Å². The Kier molecular flexibility index (Phi) is 7.31. The quantitative estimate of drug-likeness (QED) is 0.443. The van der Waals surface area contributed by atoms with E-state index in [-0.39, 0.29) is 5.41 Å². The van der Waals surface area contributed by atoms with Crippen molar-refractivity contribution in [1.29, 1.82) is 0 Å². The van der Waals surface area contributed by atoms with Gasteiger partial charge in [-0.3, -0.25) is 0 Å². The lowest BCUT2D eigenvalue weighted by Gasteiger charge is -2.30. The Morgan fingerprint density at radius 3 is 2.18 bits per heavy atom. The highest BCUT2D eigenvalue weighted by Gasteiger charge is 2.29. The lowest BCUT2D eigenvalue weighted by molar-refractivity contribution is 0.186. The van der Waals surface area contributed by atoms with Crippen molar-refractivity contribution in [2.24, 2.45) is 0 Å². The monoisotopic (exact) mass is 426 g/mol. The number of alkyl halides is 2. The molecule has 1 aromatic carbocycles. The van der Waals surface area contributed by atoms with Crippen LogP contribution >= 0.6 is 47.8 Å². The molecule has 0 heterocycles. The van der Waals surface area contributed by atoms with E-state index in [0.717, 1.165) is 34.6 Å². The molecule has 0 aliphatic heterocycles. The molecule has 1 aromatic rings. The fourth-order valence-electron chi connectivity index (χ4n) is 1.83. The maximum atomic E-state index is 5.14. The van der Waals surface area contributed by atoms with Gasteiger partial charge in [-0.1, -0.05) is 59.9 Å². The minimum absolute atomic E-state index is 0.152. The van der Waals surface area contributed by atoms with Gasteiger partial charge in [-0.05, 0) is 30.5 Å². The summed E-state index contributed by atoms with van der Waals surface area (Å²) in [5, 5.41) is 1.91. The third-order valence-corrected chi connectivity index (χ3v) is 5.65. The Balaban J connectivity index is 2.85. The molecule has 0 saturated carbocycles. The van der Waals surface area contributed by atoms with E-state index in [1.165, 1.54) is 5.56 Å². The van der Waals surface area contributed by atoms with Crippen LogP contribution in [0.3, 0.4) is 0 Å². The van der Waals surface area contributed by atoms with E-state index in [9.17, 15) is 0 Å². The number of methoxy groups -OCH3 is 1. The summed E-state index contributed by atoms with van der Waals surface area (Å²) in [4.78, 5) is 0. The fraction of sp³-hybridized carbons (Fsp3) is 0.538. The van der Waals surface area contributed by atoms with Crippen molar-refractivity contribution < 1.29 is 4.74 Å². The molecular formula is C13H17Br3O. The van der Waals surface area contributed by atoms with Crippen LogP contribution in [0, 0.1) is 0 Å². The average Bonchev–Trinajstić information content (AvgIpc) is 2.37. The van der Waals surface area contributed by atoms with Crippen molar-refractivity contribution in [1.82, 2.24) is 0 Å². The summed E-state index contributed by atoms with van der Waals surface area (Å²) in [6.07, 6.45) is 2.18. The smallest absolute Gasteiger partial charge is 0.0462 e. The summed E-state index contributed by atoms with van der Waals surface area (Å²) in [6, 6.07) is 8.59. The maximum Gasteiger partial charge on any atom is 0.0462 e. The van der Waals surface area contributed by atoms with Crippen molar-refractivity contribution in [3.05, 3.63) is 34.3 Å². The summed E-state index contributed by atoms with van der Waals surface area (Å²) in [6.45, 7) is 0.818. The zero-order valence-electron chi connectivity index (χ0n) is 9.89. The molecule has 0 fully saturated rings. The van der Waals surface area contributed by atoms with Gasteiger partial charge in [0.25, 0.3) is 0 Å². The molecule has 0 aliphatic rings. The molecule has 1 nitrogen and oxygen atoms in total. The van der Waals surface area contributed by atoms with Crippen molar-refractivity contribution in [2.45, 2.75) is 18.3 Å². The maximum absolute atomic E-state index is 5.14. The van der Waals surface area contributed by atoms with Crippen molar-refractivity contribution in [3.8, 4) is 0 Å². The van der Waals surface area contributed by atoms with Crippen molar-refractivity contribution in [2.75, 3.05) is 24.4 Å².